The lowest BCUT2D eigenvalue weighted by Crippen LogP contribution is -2.23. The first-order chi connectivity index (χ1) is 6.75. The van der Waals surface area contributed by atoms with Crippen LogP contribution in [0.1, 0.15) is 46.0 Å². The fraction of sp³-hybridized carbons (Fsp3) is 0.545. The van der Waals surface area contributed by atoms with Gasteiger partial charge in [-0.1, -0.05) is 0 Å². The van der Waals surface area contributed by atoms with Crippen molar-refractivity contribution in [2.75, 3.05) is 0 Å². The minimum absolute atomic E-state index is 0.155. The smallest absolute Gasteiger partial charge is 0.166 e. The highest BCUT2D eigenvalue weighted by Gasteiger charge is 2.34. The summed E-state index contributed by atoms with van der Waals surface area (Å²) in [5.41, 5.74) is 2.23. The van der Waals surface area contributed by atoms with Gasteiger partial charge >= 0.3 is 0 Å². The fourth-order valence-corrected chi connectivity index (χ4v) is 3.39. The van der Waals surface area contributed by atoms with E-state index in [0.717, 1.165) is 10.4 Å². The van der Waals surface area contributed by atoms with Crippen LogP contribution < -0.4 is 0 Å². The topological polar surface area (TPSA) is 37.3 Å². The number of fused-ring (bicyclic) bond motifs is 1. The van der Waals surface area contributed by atoms with Gasteiger partial charge in [-0.25, -0.2) is 0 Å². The maximum atomic E-state index is 11.8. The van der Waals surface area contributed by atoms with Gasteiger partial charge in [-0.2, -0.15) is 0 Å². The molecule has 0 saturated heterocycles. The van der Waals surface area contributed by atoms with Crippen molar-refractivity contribution in [2.45, 2.75) is 37.7 Å². The minimum Gasteiger partial charge on any atom is -0.392 e. The second kappa shape index (κ2) is 2.91. The molecule has 74 valence electrons. The molecule has 1 N–H and O–H groups in total. The van der Waals surface area contributed by atoms with Crippen molar-refractivity contribution >= 4 is 17.1 Å². The van der Waals surface area contributed by atoms with Crippen LogP contribution in [0.4, 0.5) is 0 Å². The molecule has 0 amide bonds. The molecule has 1 unspecified atom stereocenters. The van der Waals surface area contributed by atoms with E-state index in [9.17, 15) is 9.90 Å². The van der Waals surface area contributed by atoms with Crippen LogP contribution in [0.2, 0.25) is 0 Å². The van der Waals surface area contributed by atoms with Gasteiger partial charge in [0.2, 0.25) is 0 Å². The second-order valence-electron chi connectivity index (χ2n) is 4.25. The van der Waals surface area contributed by atoms with Crippen LogP contribution in [0.15, 0.2) is 5.38 Å². The van der Waals surface area contributed by atoms with Crippen molar-refractivity contribution in [3.8, 4) is 0 Å². The molecule has 1 aromatic heterocycles. The van der Waals surface area contributed by atoms with E-state index < -0.39 is 6.10 Å². The molecule has 0 radical (unpaired) electrons. The van der Waals surface area contributed by atoms with Crippen LogP contribution in [0.3, 0.4) is 0 Å². The lowest BCUT2D eigenvalue weighted by atomic mass is 9.91. The van der Waals surface area contributed by atoms with Gasteiger partial charge in [0.1, 0.15) is 0 Å². The van der Waals surface area contributed by atoms with Gasteiger partial charge in [0.15, 0.2) is 5.78 Å². The summed E-state index contributed by atoms with van der Waals surface area (Å²) < 4.78 is 0. The Morgan fingerprint density at radius 2 is 2.14 bits per heavy atom. The Morgan fingerprint density at radius 3 is 2.86 bits per heavy atom. The van der Waals surface area contributed by atoms with E-state index >= 15 is 0 Å². The largest absolute Gasteiger partial charge is 0.392 e. The monoisotopic (exact) mass is 208 g/mol. The Labute approximate surface area is 86.6 Å². The van der Waals surface area contributed by atoms with E-state index in [1.807, 2.05) is 0 Å². The van der Waals surface area contributed by atoms with Crippen molar-refractivity contribution in [1.29, 1.82) is 0 Å². The SMILES string of the molecule is O=C1CC(O)Cc2scc(C3CC3)c21. The maximum absolute atomic E-state index is 11.8. The summed E-state index contributed by atoms with van der Waals surface area (Å²) in [4.78, 5) is 12.9. The van der Waals surface area contributed by atoms with Gasteiger partial charge in [0, 0.05) is 23.3 Å². The molecule has 0 spiro atoms. The third kappa shape index (κ3) is 1.23. The molecule has 1 fully saturated rings. The van der Waals surface area contributed by atoms with Crippen molar-refractivity contribution in [3.05, 3.63) is 21.4 Å². The van der Waals surface area contributed by atoms with Gasteiger partial charge in [0.05, 0.1) is 6.10 Å². The molecule has 2 nitrogen and oxygen atoms in total. The van der Waals surface area contributed by atoms with Gasteiger partial charge in [-0.3, -0.25) is 4.79 Å². The zero-order valence-electron chi connectivity index (χ0n) is 7.82. The average molecular weight is 208 g/mol. The maximum Gasteiger partial charge on any atom is 0.166 e. The summed E-state index contributed by atoms with van der Waals surface area (Å²) in [5, 5.41) is 11.6. The van der Waals surface area contributed by atoms with Crippen molar-refractivity contribution in [1.82, 2.24) is 0 Å². The number of hydrogen-bond donors (Lipinski definition) is 1. The molecule has 3 heteroatoms. The van der Waals surface area contributed by atoms with E-state index in [2.05, 4.69) is 5.38 Å². The molecule has 2 aliphatic rings. The van der Waals surface area contributed by atoms with Crippen molar-refractivity contribution in [3.63, 3.8) is 0 Å². The van der Waals surface area contributed by atoms with Crippen LogP contribution in [0.5, 0.6) is 0 Å². The lowest BCUT2D eigenvalue weighted by molar-refractivity contribution is 0.0855. The molecule has 1 saturated carbocycles. The Bertz CT molecular complexity index is 390. The van der Waals surface area contributed by atoms with Crippen LogP contribution in [-0.2, 0) is 6.42 Å². The number of carbonyl (C=O) groups is 1. The molecule has 0 aromatic carbocycles. The first-order valence-electron chi connectivity index (χ1n) is 5.07. The summed E-state index contributed by atoms with van der Waals surface area (Å²) in [6.45, 7) is 0. The van der Waals surface area contributed by atoms with E-state index in [1.54, 1.807) is 11.3 Å². The summed E-state index contributed by atoms with van der Waals surface area (Å²) in [6, 6.07) is 0. The third-order valence-electron chi connectivity index (χ3n) is 3.03. The van der Waals surface area contributed by atoms with Gasteiger partial charge < -0.3 is 5.11 Å². The summed E-state index contributed by atoms with van der Waals surface area (Å²) in [6.07, 6.45) is 3.03. The molecule has 1 atom stereocenters. The standard InChI is InChI=1S/C11H12O2S/c12-7-3-9(13)11-8(6-1-2-6)5-14-10(11)4-7/h5-7,12H,1-4H2. The summed E-state index contributed by atoms with van der Waals surface area (Å²) in [7, 11) is 0. The minimum atomic E-state index is -0.444. The number of carbonyl (C=O) groups excluding carboxylic acids is 1. The number of rotatable bonds is 1. The molecule has 0 bridgehead atoms. The first-order valence-corrected chi connectivity index (χ1v) is 5.95. The number of aliphatic hydroxyl groups is 1. The highest BCUT2D eigenvalue weighted by Crippen LogP contribution is 2.45. The zero-order chi connectivity index (χ0) is 9.71. The molecule has 0 aliphatic heterocycles. The van der Waals surface area contributed by atoms with Gasteiger partial charge in [-0.15, -0.1) is 11.3 Å². The van der Waals surface area contributed by atoms with Gasteiger partial charge in [-0.05, 0) is 29.7 Å². The predicted molar refractivity (Wildman–Crippen MR) is 55.0 cm³/mol. The Kier molecular flexibility index (Phi) is 1.79. The lowest BCUT2D eigenvalue weighted by Gasteiger charge is -2.16. The van der Waals surface area contributed by atoms with Crippen LogP contribution >= 0.6 is 11.3 Å². The average Bonchev–Trinajstić information content (AvgIpc) is 2.87. The molecule has 2 aliphatic carbocycles. The first kappa shape index (κ1) is 8.62. The number of thiophene rings is 1. The molecule has 1 aromatic rings. The van der Waals surface area contributed by atoms with Crippen LogP contribution in [-0.4, -0.2) is 17.0 Å². The fourth-order valence-electron chi connectivity index (χ4n) is 2.18. The highest BCUT2D eigenvalue weighted by molar-refractivity contribution is 7.10. The number of ketones is 1. The highest BCUT2D eigenvalue weighted by atomic mass is 32.1. The quantitative estimate of drug-likeness (QED) is 0.767. The molecule has 14 heavy (non-hydrogen) atoms. The zero-order valence-corrected chi connectivity index (χ0v) is 8.64. The Balaban J connectivity index is 2.07. The summed E-state index contributed by atoms with van der Waals surface area (Å²) >= 11 is 1.65. The number of Topliss-reactive ketones (excluding diaryl/α,β-unsaturated/α-hetero) is 1. The Morgan fingerprint density at radius 1 is 1.36 bits per heavy atom. The number of hydrogen-bond acceptors (Lipinski definition) is 3. The predicted octanol–water partition coefficient (Wildman–Crippen LogP) is 2.12. The van der Waals surface area contributed by atoms with E-state index in [0.29, 0.717) is 18.8 Å². The molecule has 3 rings (SSSR count). The van der Waals surface area contributed by atoms with Crippen LogP contribution in [0, 0.1) is 0 Å². The second-order valence-corrected chi connectivity index (χ2v) is 5.21. The van der Waals surface area contributed by atoms with E-state index in [-0.39, 0.29) is 5.78 Å². The van der Waals surface area contributed by atoms with Crippen molar-refractivity contribution in [2.24, 2.45) is 0 Å². The summed E-state index contributed by atoms with van der Waals surface area (Å²) in [5.74, 6) is 0.802. The van der Waals surface area contributed by atoms with Crippen LogP contribution in [0.25, 0.3) is 0 Å². The van der Waals surface area contributed by atoms with E-state index in [1.165, 1.54) is 18.4 Å². The molecular weight excluding hydrogens is 196 g/mol. The third-order valence-corrected chi connectivity index (χ3v) is 4.06. The Hall–Kier alpha value is -0.670. The van der Waals surface area contributed by atoms with E-state index in [4.69, 9.17) is 0 Å². The molecule has 1 heterocycles. The number of aliphatic hydroxyl groups excluding tert-OH is 1. The van der Waals surface area contributed by atoms with Gasteiger partial charge in [0.25, 0.3) is 0 Å². The van der Waals surface area contributed by atoms with Crippen molar-refractivity contribution < 1.29 is 9.90 Å². The normalized spacial score (nSPS) is 26.4. The molecular formula is C11H12O2S.